The summed E-state index contributed by atoms with van der Waals surface area (Å²) >= 11 is 0. The third-order valence-electron chi connectivity index (χ3n) is 2.99. The van der Waals surface area contributed by atoms with Gasteiger partial charge in [0.15, 0.2) is 0 Å². The summed E-state index contributed by atoms with van der Waals surface area (Å²) in [6.45, 7) is 11.0. The molecule has 1 aromatic carbocycles. The minimum Gasteiger partial charge on any atom is -0.0617 e. The quantitative estimate of drug-likeness (QED) is 0.622. The van der Waals surface area contributed by atoms with Crippen molar-refractivity contribution >= 4 is 0 Å². The number of benzene rings is 1. The molecule has 1 fully saturated rings. The van der Waals surface area contributed by atoms with Crippen LogP contribution in [0.1, 0.15) is 56.2 Å². The minimum absolute atomic E-state index is 0.256. The maximum atomic E-state index is 4.16. The Morgan fingerprint density at radius 2 is 1.86 bits per heavy atom. The third kappa shape index (κ3) is 1.70. The Kier molecular flexibility index (Phi) is 2.17. The van der Waals surface area contributed by atoms with Gasteiger partial charge in [-0.1, -0.05) is 39.0 Å². The van der Waals surface area contributed by atoms with E-state index in [0.717, 1.165) is 5.92 Å². The van der Waals surface area contributed by atoms with E-state index in [1.165, 1.54) is 29.5 Å². The first-order valence-electron chi connectivity index (χ1n) is 5.45. The predicted molar refractivity (Wildman–Crippen MR) is 61.6 cm³/mol. The highest BCUT2D eigenvalue weighted by Crippen LogP contribution is 2.45. The van der Waals surface area contributed by atoms with E-state index in [-0.39, 0.29) is 5.41 Å². The molecule has 0 nitrogen and oxygen atoms in total. The van der Waals surface area contributed by atoms with Gasteiger partial charge in [-0.25, -0.2) is 0 Å². The van der Waals surface area contributed by atoms with Crippen LogP contribution in [0.5, 0.6) is 0 Å². The SMILES string of the molecule is [CH2]c1cccc(C(C)(C)C)c1C1CC1. The smallest absolute Gasteiger partial charge is 0.0129 e. The Morgan fingerprint density at radius 1 is 1.21 bits per heavy atom. The number of hydrogen-bond donors (Lipinski definition) is 0. The average Bonchev–Trinajstić information content (AvgIpc) is 2.85. The van der Waals surface area contributed by atoms with Crippen molar-refractivity contribution in [2.24, 2.45) is 0 Å². The zero-order valence-electron chi connectivity index (χ0n) is 9.43. The Bertz CT molecular complexity index is 338. The monoisotopic (exact) mass is 187 g/mol. The summed E-state index contributed by atoms with van der Waals surface area (Å²) in [4.78, 5) is 0. The lowest BCUT2D eigenvalue weighted by Gasteiger charge is -2.24. The number of rotatable bonds is 1. The van der Waals surface area contributed by atoms with Gasteiger partial charge in [-0.2, -0.15) is 0 Å². The molecule has 0 atom stereocenters. The van der Waals surface area contributed by atoms with Crippen LogP contribution in [-0.2, 0) is 5.41 Å². The van der Waals surface area contributed by atoms with Crippen molar-refractivity contribution in [1.82, 2.24) is 0 Å². The normalized spacial score (nSPS) is 17.1. The molecule has 0 aromatic heterocycles. The van der Waals surface area contributed by atoms with Gasteiger partial charge in [0.25, 0.3) is 0 Å². The second-order valence-corrected chi connectivity index (χ2v) is 5.40. The molecule has 0 amide bonds. The molecular formula is C14H19. The molecule has 0 saturated heterocycles. The van der Waals surface area contributed by atoms with Gasteiger partial charge in [-0.3, -0.25) is 0 Å². The molecule has 1 aromatic rings. The van der Waals surface area contributed by atoms with Gasteiger partial charge in [-0.05, 0) is 47.8 Å². The van der Waals surface area contributed by atoms with Crippen LogP contribution in [0.3, 0.4) is 0 Å². The van der Waals surface area contributed by atoms with Gasteiger partial charge in [0, 0.05) is 0 Å². The van der Waals surface area contributed by atoms with Crippen LogP contribution in [-0.4, -0.2) is 0 Å². The van der Waals surface area contributed by atoms with E-state index in [1.54, 1.807) is 0 Å². The summed E-state index contributed by atoms with van der Waals surface area (Å²) in [5.41, 5.74) is 4.51. The van der Waals surface area contributed by atoms with Crippen molar-refractivity contribution in [3.8, 4) is 0 Å². The summed E-state index contributed by atoms with van der Waals surface area (Å²) in [6.07, 6.45) is 2.71. The van der Waals surface area contributed by atoms with E-state index in [9.17, 15) is 0 Å². The highest BCUT2D eigenvalue weighted by atomic mass is 14.3. The van der Waals surface area contributed by atoms with Crippen molar-refractivity contribution in [3.05, 3.63) is 41.8 Å². The first-order chi connectivity index (χ1) is 6.50. The van der Waals surface area contributed by atoms with Gasteiger partial charge in [0.2, 0.25) is 0 Å². The molecule has 1 aliphatic rings. The standard InChI is InChI=1S/C14H19/c1-10-6-5-7-12(14(2,3)4)13(10)11-8-9-11/h5-7,11H,1,8-9H2,2-4H3. The van der Waals surface area contributed by atoms with Crippen LogP contribution < -0.4 is 0 Å². The van der Waals surface area contributed by atoms with E-state index in [1.807, 2.05) is 0 Å². The molecule has 0 N–H and O–H groups in total. The fourth-order valence-corrected chi connectivity index (χ4v) is 2.12. The fourth-order valence-electron chi connectivity index (χ4n) is 2.12. The molecule has 0 heteroatoms. The van der Waals surface area contributed by atoms with Crippen molar-refractivity contribution < 1.29 is 0 Å². The Hall–Kier alpha value is -0.780. The molecule has 1 aliphatic carbocycles. The van der Waals surface area contributed by atoms with E-state index in [4.69, 9.17) is 0 Å². The van der Waals surface area contributed by atoms with Crippen LogP contribution >= 0.6 is 0 Å². The van der Waals surface area contributed by atoms with Crippen molar-refractivity contribution in [1.29, 1.82) is 0 Å². The first-order valence-corrected chi connectivity index (χ1v) is 5.45. The highest BCUT2D eigenvalue weighted by molar-refractivity contribution is 5.44. The molecule has 0 aliphatic heterocycles. The molecular weight excluding hydrogens is 168 g/mol. The molecule has 0 spiro atoms. The van der Waals surface area contributed by atoms with Crippen LogP contribution in [0.2, 0.25) is 0 Å². The van der Waals surface area contributed by atoms with Gasteiger partial charge in [0.1, 0.15) is 0 Å². The van der Waals surface area contributed by atoms with E-state index in [0.29, 0.717) is 0 Å². The molecule has 14 heavy (non-hydrogen) atoms. The molecule has 1 radical (unpaired) electrons. The molecule has 2 rings (SSSR count). The molecule has 1 saturated carbocycles. The molecule has 0 bridgehead atoms. The molecule has 0 heterocycles. The predicted octanol–water partition coefficient (Wildman–Crippen LogP) is 4.04. The molecule has 0 unspecified atom stereocenters. The van der Waals surface area contributed by atoms with Gasteiger partial charge in [0.05, 0.1) is 0 Å². The summed E-state index contributed by atoms with van der Waals surface area (Å²) in [5, 5.41) is 0. The van der Waals surface area contributed by atoms with E-state index >= 15 is 0 Å². The lowest BCUT2D eigenvalue weighted by atomic mass is 9.81. The zero-order chi connectivity index (χ0) is 10.3. The largest absolute Gasteiger partial charge is 0.0617 e. The Morgan fingerprint density at radius 3 is 2.36 bits per heavy atom. The summed E-state index contributed by atoms with van der Waals surface area (Å²) in [7, 11) is 0. The van der Waals surface area contributed by atoms with Crippen molar-refractivity contribution in [2.45, 2.75) is 44.9 Å². The lowest BCUT2D eigenvalue weighted by Crippen LogP contribution is -2.14. The van der Waals surface area contributed by atoms with Crippen molar-refractivity contribution in [3.63, 3.8) is 0 Å². The van der Waals surface area contributed by atoms with Gasteiger partial charge in [-0.15, -0.1) is 0 Å². The summed E-state index contributed by atoms with van der Waals surface area (Å²) in [5.74, 6) is 0.804. The topological polar surface area (TPSA) is 0 Å². The number of hydrogen-bond acceptors (Lipinski definition) is 0. The van der Waals surface area contributed by atoms with Gasteiger partial charge < -0.3 is 0 Å². The Balaban J connectivity index is 2.53. The van der Waals surface area contributed by atoms with E-state index < -0.39 is 0 Å². The maximum absolute atomic E-state index is 4.16. The second kappa shape index (κ2) is 3.12. The zero-order valence-corrected chi connectivity index (χ0v) is 9.43. The van der Waals surface area contributed by atoms with Crippen LogP contribution in [0.15, 0.2) is 18.2 Å². The van der Waals surface area contributed by atoms with Crippen LogP contribution in [0, 0.1) is 6.92 Å². The van der Waals surface area contributed by atoms with Crippen LogP contribution in [0.4, 0.5) is 0 Å². The van der Waals surface area contributed by atoms with Crippen molar-refractivity contribution in [2.75, 3.05) is 0 Å². The summed E-state index contributed by atoms with van der Waals surface area (Å²) < 4.78 is 0. The van der Waals surface area contributed by atoms with Gasteiger partial charge >= 0.3 is 0 Å². The maximum Gasteiger partial charge on any atom is -0.0129 e. The minimum atomic E-state index is 0.256. The van der Waals surface area contributed by atoms with Crippen LogP contribution in [0.25, 0.3) is 0 Å². The third-order valence-corrected chi connectivity index (χ3v) is 2.99. The van der Waals surface area contributed by atoms with E-state index in [2.05, 4.69) is 45.9 Å². The summed E-state index contributed by atoms with van der Waals surface area (Å²) in [6, 6.07) is 6.54. The first kappa shape index (κ1) is 9.76. The Labute approximate surface area is 87.3 Å². The lowest BCUT2D eigenvalue weighted by molar-refractivity contribution is 0.582. The molecule has 75 valence electrons. The highest BCUT2D eigenvalue weighted by Gasteiger charge is 2.30. The fraction of sp³-hybridized carbons (Fsp3) is 0.500. The average molecular weight is 187 g/mol. The second-order valence-electron chi connectivity index (χ2n) is 5.40.